The first kappa shape index (κ1) is 13.7. The van der Waals surface area contributed by atoms with Crippen LogP contribution in [0, 0.1) is 11.3 Å². The molecule has 0 aliphatic carbocycles. The van der Waals surface area contributed by atoms with Crippen molar-refractivity contribution in [1.82, 2.24) is 9.55 Å². The molecule has 3 rings (SSSR count). The molecule has 0 saturated heterocycles. The Bertz CT molecular complexity index is 815. The Morgan fingerprint density at radius 1 is 1.24 bits per heavy atom. The lowest BCUT2D eigenvalue weighted by Gasteiger charge is -2.17. The number of rotatable bonds is 3. The topological polar surface area (TPSA) is 41.6 Å². The fourth-order valence-corrected chi connectivity index (χ4v) is 2.81. The zero-order chi connectivity index (χ0) is 14.8. The maximum absolute atomic E-state index is 9.10. The number of benzene rings is 2. The zero-order valence-corrected chi connectivity index (χ0v) is 12.4. The van der Waals surface area contributed by atoms with Gasteiger partial charge in [0.25, 0.3) is 0 Å². The molecular weight excluding hydrogens is 282 g/mol. The number of nitrogens with zero attached hydrogens (tertiary/aromatic N) is 3. The van der Waals surface area contributed by atoms with Crippen molar-refractivity contribution in [2.45, 2.75) is 18.8 Å². The van der Waals surface area contributed by atoms with Crippen LogP contribution in [-0.4, -0.2) is 9.55 Å². The highest BCUT2D eigenvalue weighted by molar-refractivity contribution is 6.16. The molecule has 1 aromatic heterocycles. The monoisotopic (exact) mass is 295 g/mol. The molecule has 0 radical (unpaired) electrons. The normalized spacial score (nSPS) is 12.2. The van der Waals surface area contributed by atoms with Crippen molar-refractivity contribution >= 4 is 22.6 Å². The molecule has 0 aliphatic heterocycles. The Kier molecular flexibility index (Phi) is 3.64. The highest BCUT2D eigenvalue weighted by atomic mass is 35.5. The second-order valence-corrected chi connectivity index (χ2v) is 5.20. The van der Waals surface area contributed by atoms with E-state index in [1.165, 1.54) is 5.56 Å². The third-order valence-electron chi connectivity index (χ3n) is 3.68. The summed E-state index contributed by atoms with van der Waals surface area (Å²) in [6, 6.07) is 18.0. The fraction of sp³-hybridized carbons (Fsp3) is 0.176. The SMILES string of the molecule is CC(c1ccccc1)n1c(CCl)nc2ccc(C#N)cc21. The summed E-state index contributed by atoms with van der Waals surface area (Å²) in [7, 11) is 0. The summed E-state index contributed by atoms with van der Waals surface area (Å²) in [5.41, 5.74) is 3.63. The number of alkyl halides is 1. The summed E-state index contributed by atoms with van der Waals surface area (Å²) in [5.74, 6) is 1.16. The van der Waals surface area contributed by atoms with E-state index < -0.39 is 0 Å². The van der Waals surface area contributed by atoms with Gasteiger partial charge >= 0.3 is 0 Å². The van der Waals surface area contributed by atoms with Gasteiger partial charge < -0.3 is 4.57 Å². The van der Waals surface area contributed by atoms with Gasteiger partial charge in [-0.2, -0.15) is 5.26 Å². The third kappa shape index (κ3) is 2.39. The van der Waals surface area contributed by atoms with Crippen LogP contribution >= 0.6 is 11.6 Å². The van der Waals surface area contributed by atoms with Gasteiger partial charge in [-0.15, -0.1) is 11.6 Å². The van der Waals surface area contributed by atoms with Gasteiger partial charge in [0.1, 0.15) is 5.82 Å². The average Bonchev–Trinajstić information content (AvgIpc) is 2.92. The highest BCUT2D eigenvalue weighted by Crippen LogP contribution is 2.27. The number of imidazole rings is 1. The first-order valence-corrected chi connectivity index (χ1v) is 7.30. The lowest BCUT2D eigenvalue weighted by Crippen LogP contribution is -2.09. The van der Waals surface area contributed by atoms with E-state index in [4.69, 9.17) is 16.9 Å². The Morgan fingerprint density at radius 3 is 2.67 bits per heavy atom. The van der Waals surface area contributed by atoms with Crippen LogP contribution < -0.4 is 0 Å². The number of fused-ring (bicyclic) bond motifs is 1. The first-order valence-electron chi connectivity index (χ1n) is 6.76. The predicted octanol–water partition coefficient (Wildman–Crippen LogP) is 4.26. The van der Waals surface area contributed by atoms with Crippen LogP contribution in [0.15, 0.2) is 48.5 Å². The third-order valence-corrected chi connectivity index (χ3v) is 3.92. The van der Waals surface area contributed by atoms with E-state index in [0.717, 1.165) is 16.9 Å². The molecule has 0 amide bonds. The summed E-state index contributed by atoms with van der Waals surface area (Å²) < 4.78 is 2.11. The molecule has 1 unspecified atom stereocenters. The fourth-order valence-electron chi connectivity index (χ4n) is 2.62. The minimum absolute atomic E-state index is 0.110. The molecule has 0 spiro atoms. The van der Waals surface area contributed by atoms with Crippen LogP contribution in [0.3, 0.4) is 0 Å². The molecule has 0 saturated carbocycles. The summed E-state index contributed by atoms with van der Waals surface area (Å²) in [5, 5.41) is 9.10. The number of aromatic nitrogens is 2. The van der Waals surface area contributed by atoms with Crippen LogP contribution in [0.4, 0.5) is 0 Å². The lowest BCUT2D eigenvalue weighted by molar-refractivity contribution is 0.634. The standard InChI is InChI=1S/C17H14ClN3/c1-12(14-5-3-2-4-6-14)21-16-9-13(11-19)7-8-15(16)20-17(21)10-18/h2-9,12H,10H2,1H3. The van der Waals surface area contributed by atoms with Gasteiger partial charge in [-0.05, 0) is 30.7 Å². The minimum Gasteiger partial charge on any atom is -0.320 e. The van der Waals surface area contributed by atoms with Crippen LogP contribution in [0.25, 0.3) is 11.0 Å². The predicted molar refractivity (Wildman–Crippen MR) is 84.3 cm³/mol. The van der Waals surface area contributed by atoms with Crippen LogP contribution in [0.2, 0.25) is 0 Å². The Morgan fingerprint density at radius 2 is 2.00 bits per heavy atom. The zero-order valence-electron chi connectivity index (χ0n) is 11.6. The quantitative estimate of drug-likeness (QED) is 0.678. The van der Waals surface area contributed by atoms with Crippen molar-refractivity contribution in [2.24, 2.45) is 0 Å². The van der Waals surface area contributed by atoms with Gasteiger partial charge in [0.15, 0.2) is 0 Å². The van der Waals surface area contributed by atoms with Crippen molar-refractivity contribution in [3.05, 3.63) is 65.5 Å². The van der Waals surface area contributed by atoms with Crippen molar-refractivity contribution < 1.29 is 0 Å². The maximum atomic E-state index is 9.10. The lowest BCUT2D eigenvalue weighted by atomic mass is 10.1. The Hall–Kier alpha value is -2.31. The van der Waals surface area contributed by atoms with E-state index in [9.17, 15) is 0 Å². The van der Waals surface area contributed by atoms with E-state index in [0.29, 0.717) is 11.4 Å². The number of halogens is 1. The van der Waals surface area contributed by atoms with Gasteiger partial charge in [0.2, 0.25) is 0 Å². The minimum atomic E-state index is 0.110. The molecule has 3 nitrogen and oxygen atoms in total. The van der Waals surface area contributed by atoms with E-state index in [2.05, 4.69) is 34.7 Å². The molecule has 0 aliphatic rings. The molecule has 4 heteroatoms. The van der Waals surface area contributed by atoms with E-state index >= 15 is 0 Å². The van der Waals surface area contributed by atoms with Crippen molar-refractivity contribution in [3.63, 3.8) is 0 Å². The van der Waals surface area contributed by atoms with Gasteiger partial charge in [0.05, 0.1) is 34.6 Å². The maximum Gasteiger partial charge on any atom is 0.125 e. The molecule has 3 aromatic rings. The first-order chi connectivity index (χ1) is 10.2. The van der Waals surface area contributed by atoms with Crippen LogP contribution in [-0.2, 0) is 5.88 Å². The van der Waals surface area contributed by atoms with Gasteiger partial charge in [-0.3, -0.25) is 0 Å². The van der Waals surface area contributed by atoms with Crippen LogP contribution in [0.5, 0.6) is 0 Å². The molecule has 104 valence electrons. The Balaban J connectivity index is 2.22. The molecule has 2 aromatic carbocycles. The summed E-state index contributed by atoms with van der Waals surface area (Å²) in [4.78, 5) is 4.57. The molecule has 0 bridgehead atoms. The highest BCUT2D eigenvalue weighted by Gasteiger charge is 2.17. The molecular formula is C17H14ClN3. The molecule has 0 fully saturated rings. The van der Waals surface area contributed by atoms with E-state index in [1.807, 2.05) is 30.3 Å². The van der Waals surface area contributed by atoms with E-state index in [1.54, 1.807) is 6.07 Å². The van der Waals surface area contributed by atoms with Gasteiger partial charge in [-0.1, -0.05) is 30.3 Å². The molecule has 1 atom stereocenters. The van der Waals surface area contributed by atoms with Gasteiger partial charge in [-0.25, -0.2) is 4.98 Å². The smallest absolute Gasteiger partial charge is 0.125 e. The second kappa shape index (κ2) is 5.59. The van der Waals surface area contributed by atoms with Gasteiger partial charge in [0, 0.05) is 0 Å². The summed E-state index contributed by atoms with van der Waals surface area (Å²) >= 11 is 6.06. The largest absolute Gasteiger partial charge is 0.320 e. The van der Waals surface area contributed by atoms with Crippen molar-refractivity contribution in [1.29, 1.82) is 5.26 Å². The Labute approximate surface area is 128 Å². The molecule has 0 N–H and O–H groups in total. The average molecular weight is 296 g/mol. The second-order valence-electron chi connectivity index (χ2n) is 4.93. The van der Waals surface area contributed by atoms with Crippen LogP contribution in [0.1, 0.15) is 29.9 Å². The number of hydrogen-bond acceptors (Lipinski definition) is 2. The molecule has 1 heterocycles. The number of hydrogen-bond donors (Lipinski definition) is 0. The summed E-state index contributed by atoms with van der Waals surface area (Å²) in [6.07, 6.45) is 0. The van der Waals surface area contributed by atoms with Crippen molar-refractivity contribution in [3.8, 4) is 6.07 Å². The molecule has 21 heavy (non-hydrogen) atoms. The number of nitriles is 1. The van der Waals surface area contributed by atoms with E-state index in [-0.39, 0.29) is 6.04 Å². The van der Waals surface area contributed by atoms with Crippen molar-refractivity contribution in [2.75, 3.05) is 0 Å². The summed E-state index contributed by atoms with van der Waals surface area (Å²) in [6.45, 7) is 2.12.